The first-order chi connectivity index (χ1) is 11.6. The third-order valence-electron chi connectivity index (χ3n) is 4.58. The minimum Gasteiger partial charge on any atom is -0.376 e. The van der Waals surface area contributed by atoms with E-state index in [4.69, 9.17) is 0 Å². The summed E-state index contributed by atoms with van der Waals surface area (Å²) in [6.07, 6.45) is 0.848. The molecule has 6 nitrogen and oxygen atoms in total. The Balaban J connectivity index is 1.90. The normalized spacial score (nSPS) is 14.5. The molecule has 0 aliphatic carbocycles. The number of hydrogen-bond donors (Lipinski definition) is 1. The van der Waals surface area contributed by atoms with Gasteiger partial charge in [0.05, 0.1) is 6.54 Å². The number of benzene rings is 1. The molecule has 1 saturated heterocycles. The minimum atomic E-state index is 0.0766. The average molecular weight is 332 g/mol. The third kappa shape index (κ3) is 4.40. The molecule has 2 amide bonds. The van der Waals surface area contributed by atoms with E-state index in [1.807, 2.05) is 11.0 Å². The molecule has 1 aromatic carbocycles. The molecule has 2 rings (SSSR count). The number of aryl methyl sites for hydroxylation is 1. The number of anilines is 2. The molecule has 6 heteroatoms. The van der Waals surface area contributed by atoms with Crippen LogP contribution in [-0.2, 0) is 9.59 Å². The topological polar surface area (TPSA) is 55.9 Å². The monoisotopic (exact) mass is 332 g/mol. The molecular formula is C18H28N4O2. The van der Waals surface area contributed by atoms with Gasteiger partial charge < -0.3 is 20.0 Å². The molecule has 132 valence electrons. The fraction of sp³-hybridized carbons (Fsp3) is 0.556. The third-order valence-corrected chi connectivity index (χ3v) is 4.58. The molecule has 1 aliphatic rings. The Morgan fingerprint density at radius 2 is 1.88 bits per heavy atom. The van der Waals surface area contributed by atoms with Gasteiger partial charge in [0.2, 0.25) is 12.3 Å². The Kier molecular flexibility index (Phi) is 6.46. The second kappa shape index (κ2) is 8.57. The van der Waals surface area contributed by atoms with Crippen molar-refractivity contribution in [1.82, 2.24) is 9.80 Å². The summed E-state index contributed by atoms with van der Waals surface area (Å²) in [5, 5.41) is 3.24. The minimum absolute atomic E-state index is 0.0766. The Labute approximate surface area is 144 Å². The number of carbonyl (C=O) groups is 2. The Hall–Kier alpha value is -2.24. The maximum Gasteiger partial charge on any atom is 0.241 e. The van der Waals surface area contributed by atoms with Crippen molar-refractivity contribution in [2.75, 3.05) is 56.0 Å². The Morgan fingerprint density at radius 1 is 1.21 bits per heavy atom. The maximum absolute atomic E-state index is 12.3. The van der Waals surface area contributed by atoms with Gasteiger partial charge in [-0.05, 0) is 44.5 Å². The first-order valence-electron chi connectivity index (χ1n) is 8.65. The highest BCUT2D eigenvalue weighted by Gasteiger charge is 2.19. The summed E-state index contributed by atoms with van der Waals surface area (Å²) in [7, 11) is 0. The molecule has 0 aromatic heterocycles. The van der Waals surface area contributed by atoms with Crippen LogP contribution in [0.2, 0.25) is 0 Å². The lowest BCUT2D eigenvalue weighted by Gasteiger charge is -2.32. The average Bonchev–Trinajstić information content (AvgIpc) is 2.62. The van der Waals surface area contributed by atoms with Gasteiger partial charge in [0, 0.05) is 50.6 Å². The Bertz CT molecular complexity index is 564. The molecule has 1 aromatic rings. The van der Waals surface area contributed by atoms with E-state index in [0.717, 1.165) is 30.8 Å². The number of rotatable bonds is 7. The van der Waals surface area contributed by atoms with Crippen LogP contribution in [0.1, 0.15) is 19.4 Å². The number of amides is 2. The van der Waals surface area contributed by atoms with Gasteiger partial charge in [0.15, 0.2) is 0 Å². The van der Waals surface area contributed by atoms with Gasteiger partial charge in [-0.15, -0.1) is 0 Å². The van der Waals surface area contributed by atoms with Crippen LogP contribution in [0.3, 0.4) is 0 Å². The zero-order valence-electron chi connectivity index (χ0n) is 14.9. The molecule has 0 bridgehead atoms. The second-order valence-corrected chi connectivity index (χ2v) is 6.05. The van der Waals surface area contributed by atoms with E-state index < -0.39 is 0 Å². The fourth-order valence-electron chi connectivity index (χ4n) is 2.99. The van der Waals surface area contributed by atoms with Crippen LogP contribution in [0, 0.1) is 6.92 Å². The van der Waals surface area contributed by atoms with E-state index in [1.54, 1.807) is 4.90 Å². The number of nitrogens with zero attached hydrogens (tertiary/aromatic N) is 3. The lowest BCUT2D eigenvalue weighted by molar-refractivity contribution is -0.133. The van der Waals surface area contributed by atoms with Crippen molar-refractivity contribution in [3.63, 3.8) is 0 Å². The molecular weight excluding hydrogens is 304 g/mol. The molecule has 1 fully saturated rings. The maximum atomic E-state index is 12.3. The van der Waals surface area contributed by atoms with Gasteiger partial charge >= 0.3 is 0 Å². The molecule has 1 aliphatic heterocycles. The van der Waals surface area contributed by atoms with Crippen LogP contribution >= 0.6 is 0 Å². The summed E-state index contributed by atoms with van der Waals surface area (Å²) in [4.78, 5) is 28.8. The highest BCUT2D eigenvalue weighted by Crippen LogP contribution is 2.22. The predicted molar refractivity (Wildman–Crippen MR) is 97.4 cm³/mol. The van der Waals surface area contributed by atoms with Gasteiger partial charge in [0.1, 0.15) is 0 Å². The lowest BCUT2D eigenvalue weighted by atomic mass is 10.1. The summed E-state index contributed by atoms with van der Waals surface area (Å²) >= 11 is 0. The Morgan fingerprint density at radius 3 is 2.42 bits per heavy atom. The number of nitrogens with one attached hydrogen (secondary N) is 1. The van der Waals surface area contributed by atoms with Crippen LogP contribution in [-0.4, -0.2) is 67.9 Å². The molecule has 0 atom stereocenters. The van der Waals surface area contributed by atoms with Gasteiger partial charge in [-0.25, -0.2) is 0 Å². The largest absolute Gasteiger partial charge is 0.376 e. The first-order valence-corrected chi connectivity index (χ1v) is 8.65. The number of hydrogen-bond acceptors (Lipinski definition) is 4. The summed E-state index contributed by atoms with van der Waals surface area (Å²) < 4.78 is 0. The SMILES string of the molecule is CCN(CC)c1ccc(NCC(=O)N2CCN(C=O)CC2)c(C)c1. The van der Waals surface area contributed by atoms with Crippen LogP contribution in [0.5, 0.6) is 0 Å². The van der Waals surface area contributed by atoms with Crippen LogP contribution in [0.25, 0.3) is 0 Å². The summed E-state index contributed by atoms with van der Waals surface area (Å²) in [6.45, 7) is 11.1. The van der Waals surface area contributed by atoms with Crippen molar-refractivity contribution in [2.24, 2.45) is 0 Å². The van der Waals surface area contributed by atoms with Crippen molar-refractivity contribution < 1.29 is 9.59 Å². The molecule has 0 radical (unpaired) electrons. The van der Waals surface area contributed by atoms with E-state index in [-0.39, 0.29) is 12.5 Å². The van der Waals surface area contributed by atoms with Crippen molar-refractivity contribution in [3.05, 3.63) is 23.8 Å². The molecule has 0 spiro atoms. The van der Waals surface area contributed by atoms with Crippen molar-refractivity contribution in [2.45, 2.75) is 20.8 Å². The van der Waals surface area contributed by atoms with Crippen LogP contribution < -0.4 is 10.2 Å². The zero-order chi connectivity index (χ0) is 17.5. The van der Waals surface area contributed by atoms with E-state index in [9.17, 15) is 9.59 Å². The standard InChI is InChI=1S/C18H28N4O2/c1-4-21(5-2)16-6-7-17(15(3)12-16)19-13-18(24)22-10-8-20(14-23)9-11-22/h6-7,12,14,19H,4-5,8-11,13H2,1-3H3. The predicted octanol–water partition coefficient (Wildman–Crippen LogP) is 1.55. The van der Waals surface area contributed by atoms with E-state index in [1.165, 1.54) is 5.69 Å². The van der Waals surface area contributed by atoms with Crippen molar-refractivity contribution in [1.29, 1.82) is 0 Å². The molecule has 0 unspecified atom stereocenters. The van der Waals surface area contributed by atoms with Crippen LogP contribution in [0.4, 0.5) is 11.4 Å². The number of carbonyl (C=O) groups excluding carboxylic acids is 2. The molecule has 24 heavy (non-hydrogen) atoms. The molecule has 0 saturated carbocycles. The van der Waals surface area contributed by atoms with Gasteiger partial charge in [-0.3, -0.25) is 9.59 Å². The van der Waals surface area contributed by atoms with E-state index in [2.05, 4.69) is 43.1 Å². The van der Waals surface area contributed by atoms with Gasteiger partial charge in [0.25, 0.3) is 0 Å². The first kappa shape index (κ1) is 18.1. The second-order valence-electron chi connectivity index (χ2n) is 6.05. The fourth-order valence-corrected chi connectivity index (χ4v) is 2.99. The smallest absolute Gasteiger partial charge is 0.241 e. The van der Waals surface area contributed by atoms with Gasteiger partial charge in [-0.1, -0.05) is 0 Å². The highest BCUT2D eigenvalue weighted by atomic mass is 16.2. The number of piperazine rings is 1. The molecule has 1 heterocycles. The highest BCUT2D eigenvalue weighted by molar-refractivity contribution is 5.81. The summed E-state index contributed by atoms with van der Waals surface area (Å²) in [5.74, 6) is 0.0766. The quantitative estimate of drug-likeness (QED) is 0.770. The van der Waals surface area contributed by atoms with E-state index in [0.29, 0.717) is 26.2 Å². The van der Waals surface area contributed by atoms with Crippen molar-refractivity contribution >= 4 is 23.7 Å². The zero-order valence-corrected chi connectivity index (χ0v) is 14.9. The van der Waals surface area contributed by atoms with E-state index >= 15 is 0 Å². The molecule has 1 N–H and O–H groups in total. The summed E-state index contributed by atoms with van der Waals surface area (Å²) in [6, 6.07) is 6.29. The summed E-state index contributed by atoms with van der Waals surface area (Å²) in [5.41, 5.74) is 3.34. The van der Waals surface area contributed by atoms with Crippen molar-refractivity contribution in [3.8, 4) is 0 Å². The van der Waals surface area contributed by atoms with Crippen LogP contribution in [0.15, 0.2) is 18.2 Å². The van der Waals surface area contributed by atoms with Gasteiger partial charge in [-0.2, -0.15) is 0 Å². The lowest BCUT2D eigenvalue weighted by Crippen LogP contribution is -2.49.